The molecule has 4 nitrogen and oxygen atoms in total. The van der Waals surface area contributed by atoms with Crippen molar-refractivity contribution >= 4 is 57.4 Å². The SMILES string of the molecule is CC(=O)Nc1ccc(Cl)cc1NC(=O)c1ccc(I)c(F)c1. The molecule has 114 valence electrons. The van der Waals surface area contributed by atoms with Crippen LogP contribution in [0.25, 0.3) is 0 Å². The lowest BCUT2D eigenvalue weighted by Gasteiger charge is -2.12. The average Bonchev–Trinajstić information content (AvgIpc) is 2.44. The predicted molar refractivity (Wildman–Crippen MR) is 92.8 cm³/mol. The minimum absolute atomic E-state index is 0.173. The summed E-state index contributed by atoms with van der Waals surface area (Å²) in [5, 5.41) is 5.60. The van der Waals surface area contributed by atoms with Crippen molar-refractivity contribution in [2.75, 3.05) is 10.6 Å². The lowest BCUT2D eigenvalue weighted by molar-refractivity contribution is -0.114. The van der Waals surface area contributed by atoms with Crippen LogP contribution >= 0.6 is 34.2 Å². The zero-order valence-electron chi connectivity index (χ0n) is 11.4. The van der Waals surface area contributed by atoms with E-state index < -0.39 is 11.7 Å². The Morgan fingerprint density at radius 1 is 1.09 bits per heavy atom. The van der Waals surface area contributed by atoms with Gasteiger partial charge < -0.3 is 10.6 Å². The summed E-state index contributed by atoms with van der Waals surface area (Å²) in [6.45, 7) is 1.36. The summed E-state index contributed by atoms with van der Waals surface area (Å²) < 4.78 is 14.0. The van der Waals surface area contributed by atoms with Crippen molar-refractivity contribution in [3.63, 3.8) is 0 Å². The van der Waals surface area contributed by atoms with Crippen molar-refractivity contribution in [1.82, 2.24) is 0 Å². The minimum atomic E-state index is -0.496. The molecule has 2 aromatic carbocycles. The number of amides is 2. The van der Waals surface area contributed by atoms with Gasteiger partial charge in [0.1, 0.15) is 5.82 Å². The van der Waals surface area contributed by atoms with Crippen LogP contribution in [0.3, 0.4) is 0 Å². The molecular formula is C15H11ClFIN2O2. The Labute approximate surface area is 145 Å². The van der Waals surface area contributed by atoms with Crippen molar-refractivity contribution in [2.45, 2.75) is 6.92 Å². The van der Waals surface area contributed by atoms with Crippen LogP contribution in [0.4, 0.5) is 15.8 Å². The van der Waals surface area contributed by atoms with Crippen molar-refractivity contribution < 1.29 is 14.0 Å². The molecular weight excluding hydrogens is 422 g/mol. The Bertz CT molecular complexity index is 752. The zero-order valence-corrected chi connectivity index (χ0v) is 14.3. The van der Waals surface area contributed by atoms with Crippen LogP contribution < -0.4 is 10.6 Å². The van der Waals surface area contributed by atoms with E-state index in [4.69, 9.17) is 11.6 Å². The van der Waals surface area contributed by atoms with Crippen LogP contribution in [0, 0.1) is 9.39 Å². The summed E-state index contributed by atoms with van der Waals surface area (Å²) in [6.07, 6.45) is 0. The molecule has 0 bridgehead atoms. The van der Waals surface area contributed by atoms with Gasteiger partial charge in [-0.15, -0.1) is 0 Å². The molecule has 22 heavy (non-hydrogen) atoms. The monoisotopic (exact) mass is 432 g/mol. The van der Waals surface area contributed by atoms with Gasteiger partial charge in [-0.3, -0.25) is 9.59 Å². The standard InChI is InChI=1S/C15H11ClFIN2O2/c1-8(21)19-13-5-3-10(16)7-14(13)20-15(22)9-2-4-12(18)11(17)6-9/h2-7H,1H3,(H,19,21)(H,20,22). The molecule has 7 heteroatoms. The maximum absolute atomic E-state index is 13.5. The topological polar surface area (TPSA) is 58.2 Å². The average molecular weight is 433 g/mol. The largest absolute Gasteiger partial charge is 0.325 e. The molecule has 0 heterocycles. The van der Waals surface area contributed by atoms with E-state index in [-0.39, 0.29) is 11.5 Å². The summed E-state index contributed by atoms with van der Waals surface area (Å²) in [5.41, 5.74) is 0.926. The Kier molecular flexibility index (Phi) is 5.36. The van der Waals surface area contributed by atoms with Crippen molar-refractivity contribution in [3.8, 4) is 0 Å². The molecule has 0 aliphatic heterocycles. The van der Waals surface area contributed by atoms with Gasteiger partial charge >= 0.3 is 0 Å². The zero-order chi connectivity index (χ0) is 16.3. The number of hydrogen-bond acceptors (Lipinski definition) is 2. The number of benzene rings is 2. The molecule has 0 unspecified atom stereocenters. The fraction of sp³-hybridized carbons (Fsp3) is 0.0667. The third kappa shape index (κ3) is 4.17. The fourth-order valence-electron chi connectivity index (χ4n) is 1.75. The first-order chi connectivity index (χ1) is 10.4. The van der Waals surface area contributed by atoms with E-state index in [0.717, 1.165) is 6.07 Å². The maximum atomic E-state index is 13.5. The molecule has 2 aromatic rings. The number of hydrogen-bond donors (Lipinski definition) is 2. The third-order valence-corrected chi connectivity index (χ3v) is 3.83. The first kappa shape index (κ1) is 16.7. The van der Waals surface area contributed by atoms with Gasteiger partial charge in [0.15, 0.2) is 0 Å². The Hall–Kier alpha value is -1.67. The Morgan fingerprint density at radius 3 is 2.45 bits per heavy atom. The second-order valence-electron chi connectivity index (χ2n) is 4.45. The molecule has 0 atom stereocenters. The Morgan fingerprint density at radius 2 is 1.82 bits per heavy atom. The van der Waals surface area contributed by atoms with Crippen LogP contribution in [0.2, 0.25) is 5.02 Å². The van der Waals surface area contributed by atoms with Crippen LogP contribution in [0.5, 0.6) is 0 Å². The van der Waals surface area contributed by atoms with Crippen molar-refractivity contribution in [2.24, 2.45) is 0 Å². The molecule has 2 amide bonds. The highest BCUT2D eigenvalue weighted by atomic mass is 127. The predicted octanol–water partition coefficient (Wildman–Crippen LogP) is 4.29. The molecule has 0 spiro atoms. The summed E-state index contributed by atoms with van der Waals surface area (Å²) in [6, 6.07) is 8.86. The lowest BCUT2D eigenvalue weighted by atomic mass is 10.2. The van der Waals surface area contributed by atoms with Crippen LogP contribution in [-0.4, -0.2) is 11.8 Å². The second-order valence-corrected chi connectivity index (χ2v) is 6.05. The van der Waals surface area contributed by atoms with E-state index in [1.54, 1.807) is 12.1 Å². The number of anilines is 2. The van der Waals surface area contributed by atoms with E-state index in [0.29, 0.717) is 20.0 Å². The highest BCUT2D eigenvalue weighted by Crippen LogP contribution is 2.26. The van der Waals surface area contributed by atoms with Gasteiger partial charge in [0, 0.05) is 21.1 Å². The molecule has 0 aliphatic rings. The van der Waals surface area contributed by atoms with Crippen LogP contribution in [0.1, 0.15) is 17.3 Å². The Balaban J connectivity index is 2.29. The first-order valence-corrected chi connectivity index (χ1v) is 7.66. The molecule has 0 aromatic heterocycles. The number of nitrogens with one attached hydrogen (secondary N) is 2. The first-order valence-electron chi connectivity index (χ1n) is 6.20. The quantitative estimate of drug-likeness (QED) is 0.711. The second kappa shape index (κ2) is 7.06. The number of halogens is 3. The van der Waals surface area contributed by atoms with Crippen molar-refractivity contribution in [1.29, 1.82) is 0 Å². The van der Waals surface area contributed by atoms with Gasteiger partial charge in [0.25, 0.3) is 5.91 Å². The van der Waals surface area contributed by atoms with E-state index in [1.807, 2.05) is 22.6 Å². The van der Waals surface area contributed by atoms with E-state index in [2.05, 4.69) is 10.6 Å². The number of rotatable bonds is 3. The minimum Gasteiger partial charge on any atom is -0.325 e. The molecule has 0 saturated carbocycles. The van der Waals surface area contributed by atoms with E-state index in [1.165, 1.54) is 25.1 Å². The molecule has 2 N–H and O–H groups in total. The molecule has 0 fully saturated rings. The molecule has 0 saturated heterocycles. The van der Waals surface area contributed by atoms with Crippen molar-refractivity contribution in [3.05, 3.63) is 56.4 Å². The molecule has 0 radical (unpaired) electrons. The van der Waals surface area contributed by atoms with Gasteiger partial charge in [-0.05, 0) is 59.0 Å². The highest BCUT2D eigenvalue weighted by Gasteiger charge is 2.12. The van der Waals surface area contributed by atoms with E-state index >= 15 is 0 Å². The van der Waals surface area contributed by atoms with Gasteiger partial charge in [0.2, 0.25) is 5.91 Å². The molecule has 2 rings (SSSR count). The number of carbonyl (C=O) groups is 2. The van der Waals surface area contributed by atoms with E-state index in [9.17, 15) is 14.0 Å². The number of carbonyl (C=O) groups excluding carboxylic acids is 2. The highest BCUT2D eigenvalue weighted by molar-refractivity contribution is 14.1. The van der Waals surface area contributed by atoms with Gasteiger partial charge in [-0.2, -0.15) is 0 Å². The van der Waals surface area contributed by atoms with Gasteiger partial charge in [-0.1, -0.05) is 11.6 Å². The summed E-state index contributed by atoms with van der Waals surface area (Å²) in [4.78, 5) is 23.4. The summed E-state index contributed by atoms with van der Waals surface area (Å²) in [5.74, 6) is -1.25. The fourth-order valence-corrected chi connectivity index (χ4v) is 2.26. The molecule has 0 aliphatic carbocycles. The maximum Gasteiger partial charge on any atom is 0.255 e. The summed E-state index contributed by atoms with van der Waals surface area (Å²) >= 11 is 7.74. The lowest BCUT2D eigenvalue weighted by Crippen LogP contribution is -2.15. The summed E-state index contributed by atoms with van der Waals surface area (Å²) in [7, 11) is 0. The van der Waals surface area contributed by atoms with Gasteiger partial charge in [0.05, 0.1) is 11.4 Å². The normalized spacial score (nSPS) is 10.2. The smallest absolute Gasteiger partial charge is 0.255 e. The van der Waals surface area contributed by atoms with Crippen LogP contribution in [0.15, 0.2) is 36.4 Å². The third-order valence-electron chi connectivity index (χ3n) is 2.72. The van der Waals surface area contributed by atoms with Gasteiger partial charge in [-0.25, -0.2) is 4.39 Å². The van der Waals surface area contributed by atoms with Crippen LogP contribution in [-0.2, 0) is 4.79 Å².